The molecule has 124 valence electrons. The zero-order chi connectivity index (χ0) is 17.4. The van der Waals surface area contributed by atoms with Gasteiger partial charge in [0, 0.05) is 5.56 Å². The molecule has 0 aromatic heterocycles. The first-order valence-corrected chi connectivity index (χ1v) is 7.01. The fourth-order valence-electron chi connectivity index (χ4n) is 1.05. The molecule has 0 spiro atoms. The highest BCUT2D eigenvalue weighted by Crippen LogP contribution is 2.14. The summed E-state index contributed by atoms with van der Waals surface area (Å²) in [7, 11) is 1.18. The summed E-state index contributed by atoms with van der Waals surface area (Å²) in [6.45, 7) is 11.7. The minimum atomic E-state index is -0.832. The number of Topliss-reactive ketones (excluding diaryl/α,β-unsaturated/α-hetero) is 1. The van der Waals surface area contributed by atoms with E-state index >= 15 is 0 Å². The molecular formula is C17H26O5. The zero-order valence-corrected chi connectivity index (χ0v) is 14.4. The lowest BCUT2D eigenvalue weighted by Gasteiger charge is -2.24. The molecule has 1 rings (SSSR count). The summed E-state index contributed by atoms with van der Waals surface area (Å²) in [5, 5.41) is 0. The predicted molar refractivity (Wildman–Crippen MR) is 84.5 cm³/mol. The molecule has 0 unspecified atom stereocenters. The molecule has 5 heteroatoms. The maximum Gasteiger partial charge on any atom is 0.379 e. The third kappa shape index (κ3) is 10.1. The van der Waals surface area contributed by atoms with Gasteiger partial charge in [0.2, 0.25) is 0 Å². The van der Waals surface area contributed by atoms with E-state index in [1.54, 1.807) is 30.3 Å². The second kappa shape index (κ2) is 8.66. The molecule has 0 aliphatic carbocycles. The summed E-state index contributed by atoms with van der Waals surface area (Å²) in [4.78, 5) is 32.0. The van der Waals surface area contributed by atoms with E-state index in [0.717, 1.165) is 0 Å². The predicted octanol–water partition coefficient (Wildman–Crippen LogP) is 3.57. The van der Waals surface area contributed by atoms with Gasteiger partial charge in [0.1, 0.15) is 0 Å². The van der Waals surface area contributed by atoms with E-state index in [-0.39, 0.29) is 11.2 Å². The molecule has 0 aliphatic rings. The van der Waals surface area contributed by atoms with Gasteiger partial charge in [-0.1, -0.05) is 30.3 Å². The number of carbonyl (C=O) groups is 2. The lowest BCUT2D eigenvalue weighted by Crippen LogP contribution is -2.27. The number of hydrogen-bond acceptors (Lipinski definition) is 5. The highest BCUT2D eigenvalue weighted by Gasteiger charge is 2.18. The Balaban J connectivity index is 0.000000409. The topological polar surface area (TPSA) is 61.8 Å². The highest BCUT2D eigenvalue weighted by molar-refractivity contribution is 6.40. The van der Waals surface area contributed by atoms with Gasteiger partial charge < -0.3 is 4.74 Å². The van der Waals surface area contributed by atoms with Gasteiger partial charge in [-0.15, -0.1) is 0 Å². The van der Waals surface area contributed by atoms with E-state index in [2.05, 4.69) is 4.74 Å². The third-order valence-electron chi connectivity index (χ3n) is 1.95. The average molecular weight is 310 g/mol. The van der Waals surface area contributed by atoms with Gasteiger partial charge in [0.05, 0.1) is 18.3 Å². The van der Waals surface area contributed by atoms with Crippen molar-refractivity contribution in [1.29, 1.82) is 0 Å². The SMILES string of the molecule is CC(C)(C)OOC(C)(C)C.COC(=O)C(=O)c1ccccc1. The first-order valence-electron chi connectivity index (χ1n) is 7.01. The Labute approximate surface area is 132 Å². The summed E-state index contributed by atoms with van der Waals surface area (Å²) in [5.74, 6) is -1.45. The van der Waals surface area contributed by atoms with Crippen LogP contribution in [0, 0.1) is 0 Å². The number of rotatable bonds is 3. The summed E-state index contributed by atoms with van der Waals surface area (Å²) in [6.07, 6.45) is 0. The van der Waals surface area contributed by atoms with E-state index in [1.807, 2.05) is 41.5 Å². The molecule has 0 bridgehead atoms. The van der Waals surface area contributed by atoms with Crippen molar-refractivity contribution in [2.24, 2.45) is 0 Å². The summed E-state index contributed by atoms with van der Waals surface area (Å²) >= 11 is 0. The molecule has 0 aliphatic heterocycles. The van der Waals surface area contributed by atoms with Gasteiger partial charge in [0.25, 0.3) is 5.78 Å². The third-order valence-corrected chi connectivity index (χ3v) is 1.95. The van der Waals surface area contributed by atoms with Crippen molar-refractivity contribution in [2.45, 2.75) is 52.7 Å². The Morgan fingerprint density at radius 2 is 1.23 bits per heavy atom. The number of esters is 1. The number of ketones is 1. The molecule has 0 fully saturated rings. The van der Waals surface area contributed by atoms with Crippen LogP contribution in [-0.4, -0.2) is 30.1 Å². The molecular weight excluding hydrogens is 284 g/mol. The molecule has 22 heavy (non-hydrogen) atoms. The Morgan fingerprint density at radius 3 is 1.55 bits per heavy atom. The fourth-order valence-corrected chi connectivity index (χ4v) is 1.05. The fraction of sp³-hybridized carbons (Fsp3) is 0.529. The zero-order valence-electron chi connectivity index (χ0n) is 14.4. The van der Waals surface area contributed by atoms with E-state index < -0.39 is 11.8 Å². The first-order chi connectivity index (χ1) is 9.96. The van der Waals surface area contributed by atoms with Crippen molar-refractivity contribution < 1.29 is 24.1 Å². The summed E-state index contributed by atoms with van der Waals surface area (Å²) < 4.78 is 4.28. The largest absolute Gasteiger partial charge is 0.463 e. The van der Waals surface area contributed by atoms with Crippen LogP contribution in [-0.2, 0) is 19.3 Å². The molecule has 0 saturated carbocycles. The number of benzene rings is 1. The average Bonchev–Trinajstić information content (AvgIpc) is 2.44. The lowest BCUT2D eigenvalue weighted by atomic mass is 10.1. The van der Waals surface area contributed by atoms with Crippen molar-refractivity contribution >= 4 is 11.8 Å². The van der Waals surface area contributed by atoms with Gasteiger partial charge in [-0.25, -0.2) is 14.6 Å². The molecule has 0 heterocycles. The monoisotopic (exact) mass is 310 g/mol. The van der Waals surface area contributed by atoms with Crippen LogP contribution in [0.25, 0.3) is 0 Å². The van der Waals surface area contributed by atoms with Crippen LogP contribution in [0.5, 0.6) is 0 Å². The second-order valence-corrected chi connectivity index (χ2v) is 6.58. The normalized spacial score (nSPS) is 11.2. The van der Waals surface area contributed by atoms with Crippen molar-refractivity contribution in [3.8, 4) is 0 Å². The molecule has 0 radical (unpaired) electrons. The van der Waals surface area contributed by atoms with Crippen LogP contribution in [0.1, 0.15) is 51.9 Å². The molecule has 1 aromatic rings. The quantitative estimate of drug-likeness (QED) is 0.281. The first kappa shape index (κ1) is 20.3. The van der Waals surface area contributed by atoms with Crippen LogP contribution in [0.2, 0.25) is 0 Å². The van der Waals surface area contributed by atoms with Gasteiger partial charge in [-0.05, 0) is 41.5 Å². The van der Waals surface area contributed by atoms with Crippen LogP contribution in [0.15, 0.2) is 30.3 Å². The Bertz CT molecular complexity index is 452. The Morgan fingerprint density at radius 1 is 0.818 bits per heavy atom. The van der Waals surface area contributed by atoms with Crippen molar-refractivity contribution in [2.75, 3.05) is 7.11 Å². The van der Waals surface area contributed by atoms with Crippen molar-refractivity contribution in [1.82, 2.24) is 0 Å². The number of hydrogen-bond donors (Lipinski definition) is 0. The smallest absolute Gasteiger partial charge is 0.379 e. The maximum atomic E-state index is 11.1. The number of carbonyl (C=O) groups excluding carboxylic acids is 2. The molecule has 0 saturated heterocycles. The van der Waals surface area contributed by atoms with Gasteiger partial charge in [0.15, 0.2) is 0 Å². The lowest BCUT2D eigenvalue weighted by molar-refractivity contribution is -0.393. The number of methoxy groups -OCH3 is 1. The Kier molecular flexibility index (Phi) is 7.98. The van der Waals surface area contributed by atoms with Gasteiger partial charge >= 0.3 is 5.97 Å². The Hall–Kier alpha value is -1.72. The molecule has 5 nitrogen and oxygen atoms in total. The van der Waals surface area contributed by atoms with Crippen LogP contribution >= 0.6 is 0 Å². The van der Waals surface area contributed by atoms with Crippen molar-refractivity contribution in [3.63, 3.8) is 0 Å². The maximum absolute atomic E-state index is 11.1. The van der Waals surface area contributed by atoms with Crippen molar-refractivity contribution in [3.05, 3.63) is 35.9 Å². The summed E-state index contributed by atoms with van der Waals surface area (Å²) in [5.41, 5.74) is -0.0787. The second-order valence-electron chi connectivity index (χ2n) is 6.58. The molecule has 0 amide bonds. The minimum absolute atomic E-state index is 0.215. The van der Waals surface area contributed by atoms with E-state index in [1.165, 1.54) is 7.11 Å². The summed E-state index contributed by atoms with van der Waals surface area (Å²) in [6, 6.07) is 8.29. The van der Waals surface area contributed by atoms with Crippen LogP contribution in [0.3, 0.4) is 0 Å². The van der Waals surface area contributed by atoms with E-state index in [9.17, 15) is 9.59 Å². The minimum Gasteiger partial charge on any atom is -0.463 e. The van der Waals surface area contributed by atoms with Crippen LogP contribution in [0.4, 0.5) is 0 Å². The van der Waals surface area contributed by atoms with Gasteiger partial charge in [-0.2, -0.15) is 0 Å². The molecule has 0 atom stereocenters. The highest BCUT2D eigenvalue weighted by atomic mass is 17.2. The van der Waals surface area contributed by atoms with E-state index in [4.69, 9.17) is 9.78 Å². The van der Waals surface area contributed by atoms with E-state index in [0.29, 0.717) is 5.56 Å². The molecule has 1 aromatic carbocycles. The molecule has 0 N–H and O–H groups in total. The number of ether oxygens (including phenoxy) is 1. The van der Waals surface area contributed by atoms with Gasteiger partial charge in [-0.3, -0.25) is 4.79 Å². The standard InChI is InChI=1S/C9H8O3.C8H18O2/c1-12-9(11)8(10)7-5-3-2-4-6-7;1-7(2,3)9-10-8(4,5)6/h2-6H,1H3;1-6H3. The van der Waals surface area contributed by atoms with Crippen LogP contribution < -0.4 is 0 Å².